The lowest BCUT2D eigenvalue weighted by molar-refractivity contribution is 0.0535. The highest BCUT2D eigenvalue weighted by atomic mass is 16.5. The lowest BCUT2D eigenvalue weighted by Gasteiger charge is -2.34. The van der Waals surface area contributed by atoms with Gasteiger partial charge in [0.2, 0.25) is 0 Å². The number of esters is 1. The number of benzene rings is 1. The van der Waals surface area contributed by atoms with E-state index in [4.69, 9.17) is 10.00 Å². The molecular formula is C22H24N4O3. The number of nitrogens with zero attached hydrogens (tertiary/aromatic N) is 4. The Hall–Kier alpha value is -2.95. The number of aromatic nitrogens is 1. The number of cyclic esters (lactones) is 1. The highest BCUT2D eigenvalue weighted by Crippen LogP contribution is 2.31. The molecule has 2 aliphatic heterocycles. The number of fused-ring (bicyclic) bond motifs is 1. The molecule has 1 saturated heterocycles. The van der Waals surface area contributed by atoms with Gasteiger partial charge in [-0.1, -0.05) is 6.07 Å². The summed E-state index contributed by atoms with van der Waals surface area (Å²) in [5.41, 5.74) is 3.79. The highest BCUT2D eigenvalue weighted by Gasteiger charge is 2.32. The Bertz CT molecular complexity index is 967. The largest absolute Gasteiger partial charge is 0.457 e. The van der Waals surface area contributed by atoms with E-state index in [9.17, 15) is 9.90 Å². The minimum Gasteiger partial charge on any atom is -0.457 e. The Morgan fingerprint density at radius 3 is 2.97 bits per heavy atom. The fourth-order valence-electron chi connectivity index (χ4n) is 4.32. The highest BCUT2D eigenvalue weighted by molar-refractivity contribution is 5.93. The van der Waals surface area contributed by atoms with Gasteiger partial charge in [-0.05, 0) is 49.1 Å². The number of carbonyl (C=O) groups is 1. The van der Waals surface area contributed by atoms with Crippen LogP contribution in [0.2, 0.25) is 0 Å². The molecule has 2 aromatic rings. The van der Waals surface area contributed by atoms with Crippen LogP contribution in [0, 0.1) is 18.3 Å². The van der Waals surface area contributed by atoms with Gasteiger partial charge in [-0.15, -0.1) is 0 Å². The van der Waals surface area contributed by atoms with Gasteiger partial charge < -0.3 is 14.7 Å². The van der Waals surface area contributed by atoms with E-state index in [1.165, 1.54) is 0 Å². The molecule has 0 radical (unpaired) electrons. The number of pyridine rings is 1. The molecule has 2 aliphatic rings. The van der Waals surface area contributed by atoms with Crippen LogP contribution in [0.15, 0.2) is 30.5 Å². The first kappa shape index (κ1) is 19.4. The predicted molar refractivity (Wildman–Crippen MR) is 107 cm³/mol. The van der Waals surface area contributed by atoms with E-state index in [1.54, 1.807) is 18.3 Å². The molecule has 29 heavy (non-hydrogen) atoms. The Labute approximate surface area is 170 Å². The lowest BCUT2D eigenvalue weighted by atomic mass is 9.95. The maximum atomic E-state index is 11.7. The second kappa shape index (κ2) is 7.82. The van der Waals surface area contributed by atoms with Crippen molar-refractivity contribution in [1.82, 2.24) is 9.88 Å². The summed E-state index contributed by atoms with van der Waals surface area (Å²) in [6, 6.07) is 9.30. The first-order valence-corrected chi connectivity index (χ1v) is 9.80. The number of ether oxygens (including phenoxy) is 1. The van der Waals surface area contributed by atoms with Crippen LogP contribution in [0.25, 0.3) is 0 Å². The van der Waals surface area contributed by atoms with Gasteiger partial charge in [0.15, 0.2) is 0 Å². The van der Waals surface area contributed by atoms with Gasteiger partial charge in [-0.2, -0.15) is 5.26 Å². The van der Waals surface area contributed by atoms with E-state index < -0.39 is 6.10 Å². The maximum absolute atomic E-state index is 11.7. The first-order chi connectivity index (χ1) is 14.0. The smallest absolute Gasteiger partial charge is 0.338 e. The molecule has 1 fully saturated rings. The topological polar surface area (TPSA) is 89.7 Å². The molecule has 0 spiro atoms. The summed E-state index contributed by atoms with van der Waals surface area (Å²) in [6.07, 6.45) is 3.08. The van der Waals surface area contributed by atoms with Crippen molar-refractivity contribution in [2.45, 2.75) is 38.6 Å². The summed E-state index contributed by atoms with van der Waals surface area (Å²) in [4.78, 5) is 20.5. The van der Waals surface area contributed by atoms with Crippen molar-refractivity contribution in [1.29, 1.82) is 5.26 Å². The van der Waals surface area contributed by atoms with Crippen LogP contribution in [-0.4, -0.2) is 47.3 Å². The van der Waals surface area contributed by atoms with Gasteiger partial charge in [0.25, 0.3) is 0 Å². The minimum absolute atomic E-state index is 0.129. The number of hydrogen-bond acceptors (Lipinski definition) is 7. The van der Waals surface area contributed by atoms with Crippen LogP contribution in [0.4, 0.5) is 5.82 Å². The van der Waals surface area contributed by atoms with Crippen molar-refractivity contribution in [2.75, 3.05) is 25.0 Å². The molecule has 7 heteroatoms. The third-order valence-electron chi connectivity index (χ3n) is 5.99. The van der Waals surface area contributed by atoms with Crippen molar-refractivity contribution < 1.29 is 14.6 Å². The van der Waals surface area contributed by atoms with Crippen molar-refractivity contribution in [3.63, 3.8) is 0 Å². The molecule has 1 N–H and O–H groups in total. The second-order valence-electron chi connectivity index (χ2n) is 7.64. The maximum Gasteiger partial charge on any atom is 0.338 e. The van der Waals surface area contributed by atoms with E-state index in [0.717, 1.165) is 41.9 Å². The number of nitriles is 1. The number of rotatable bonds is 5. The van der Waals surface area contributed by atoms with Crippen molar-refractivity contribution in [3.05, 3.63) is 58.3 Å². The molecule has 150 valence electrons. The zero-order chi connectivity index (χ0) is 20.5. The van der Waals surface area contributed by atoms with E-state index >= 15 is 0 Å². The van der Waals surface area contributed by atoms with Gasteiger partial charge in [0.1, 0.15) is 18.5 Å². The third kappa shape index (κ3) is 3.57. The number of carbonyl (C=O) groups excluding carboxylic acids is 1. The number of likely N-dealkylation sites (tertiary alicyclic amines) is 1. The van der Waals surface area contributed by atoms with Crippen LogP contribution < -0.4 is 4.90 Å². The molecule has 0 saturated carbocycles. The van der Waals surface area contributed by atoms with Crippen molar-refractivity contribution >= 4 is 11.8 Å². The fourth-order valence-corrected chi connectivity index (χ4v) is 4.32. The number of aliphatic hydroxyl groups excluding tert-OH is 1. The Balaban J connectivity index is 1.50. The van der Waals surface area contributed by atoms with E-state index in [1.807, 2.05) is 26.1 Å². The minimum atomic E-state index is -0.654. The molecule has 1 aromatic heterocycles. The van der Waals surface area contributed by atoms with Crippen LogP contribution >= 0.6 is 0 Å². The monoisotopic (exact) mass is 392 g/mol. The molecule has 1 aromatic carbocycles. The van der Waals surface area contributed by atoms with Gasteiger partial charge in [0.05, 0.1) is 23.4 Å². The van der Waals surface area contributed by atoms with Crippen molar-refractivity contribution in [3.8, 4) is 6.07 Å². The first-order valence-electron chi connectivity index (χ1n) is 9.80. The third-order valence-corrected chi connectivity index (χ3v) is 5.99. The Morgan fingerprint density at radius 1 is 1.41 bits per heavy atom. The fraction of sp³-hybridized carbons (Fsp3) is 0.409. The second-order valence-corrected chi connectivity index (χ2v) is 7.64. The van der Waals surface area contributed by atoms with Crippen LogP contribution in [0.1, 0.15) is 51.6 Å². The van der Waals surface area contributed by atoms with E-state index in [-0.39, 0.29) is 18.7 Å². The molecule has 2 atom stereocenters. The predicted octanol–water partition coefficient (Wildman–Crippen LogP) is 2.52. The van der Waals surface area contributed by atoms with Crippen LogP contribution in [0.5, 0.6) is 0 Å². The van der Waals surface area contributed by atoms with E-state index in [2.05, 4.69) is 20.9 Å². The van der Waals surface area contributed by atoms with Gasteiger partial charge in [0, 0.05) is 31.9 Å². The molecule has 7 nitrogen and oxygen atoms in total. The summed E-state index contributed by atoms with van der Waals surface area (Å²) < 4.78 is 5.12. The molecule has 4 rings (SSSR count). The summed E-state index contributed by atoms with van der Waals surface area (Å²) >= 11 is 0. The zero-order valence-corrected chi connectivity index (χ0v) is 16.6. The molecule has 3 heterocycles. The summed E-state index contributed by atoms with van der Waals surface area (Å²) in [6.45, 7) is 3.61. The zero-order valence-electron chi connectivity index (χ0n) is 16.6. The number of aliphatic hydroxyl groups is 1. The van der Waals surface area contributed by atoms with E-state index in [0.29, 0.717) is 17.7 Å². The number of hydrogen-bond donors (Lipinski definition) is 1. The summed E-state index contributed by atoms with van der Waals surface area (Å²) in [5.74, 6) is 0.514. The standard InChI is InChI=1S/C22H24N4O3/c1-14-16(6-7-17-18(14)13-29-22(17)28)19(27)12-26-9-3-4-21(26)25(2)20-8-5-15(10-23)11-24-20/h5-8,11,19,21,27H,3-4,9,12-13H2,1-2H3. The SMILES string of the molecule is Cc1c(C(O)CN2CCCC2N(C)c2ccc(C#N)cn2)ccc2c1COC2=O. The average molecular weight is 392 g/mol. The Morgan fingerprint density at radius 2 is 2.24 bits per heavy atom. The molecule has 2 unspecified atom stereocenters. The summed E-state index contributed by atoms with van der Waals surface area (Å²) in [5, 5.41) is 19.9. The van der Waals surface area contributed by atoms with Gasteiger partial charge in [-0.25, -0.2) is 9.78 Å². The number of β-amino-alcohol motifs (C(OH)–C–C–N with tert-alkyl or cyclic N) is 1. The number of anilines is 1. The Kier molecular flexibility index (Phi) is 5.22. The molecule has 0 bridgehead atoms. The lowest BCUT2D eigenvalue weighted by Crippen LogP contribution is -2.44. The normalized spacial score (nSPS) is 19.5. The van der Waals surface area contributed by atoms with Crippen LogP contribution in [-0.2, 0) is 11.3 Å². The van der Waals surface area contributed by atoms with Gasteiger partial charge >= 0.3 is 5.97 Å². The average Bonchev–Trinajstić information content (AvgIpc) is 3.35. The molecule has 0 amide bonds. The summed E-state index contributed by atoms with van der Waals surface area (Å²) in [7, 11) is 1.99. The quantitative estimate of drug-likeness (QED) is 0.782. The van der Waals surface area contributed by atoms with Gasteiger partial charge in [-0.3, -0.25) is 4.90 Å². The molecule has 0 aliphatic carbocycles. The molecular weight excluding hydrogens is 368 g/mol. The van der Waals surface area contributed by atoms with Crippen LogP contribution in [0.3, 0.4) is 0 Å². The van der Waals surface area contributed by atoms with Crippen molar-refractivity contribution in [2.24, 2.45) is 0 Å².